The molecular formula is C31H32BrCl2N7O5S. The maximum atomic E-state index is 13.9. The molecule has 1 aliphatic rings. The Labute approximate surface area is 290 Å². The minimum atomic E-state index is -4.18. The summed E-state index contributed by atoms with van der Waals surface area (Å²) >= 11 is 16.6. The molecule has 1 atom stereocenters. The topological polar surface area (TPSA) is 172 Å². The quantitative estimate of drug-likeness (QED) is 0.0923. The van der Waals surface area contributed by atoms with E-state index in [0.29, 0.717) is 41.8 Å². The van der Waals surface area contributed by atoms with Gasteiger partial charge in [-0.1, -0.05) is 35.3 Å². The second-order valence-corrected chi connectivity index (χ2v) is 14.2. The van der Waals surface area contributed by atoms with Crippen molar-refractivity contribution in [2.45, 2.75) is 43.7 Å². The summed E-state index contributed by atoms with van der Waals surface area (Å²) in [4.78, 5) is 29.9. The number of rotatable bonds is 12. The molecular weight excluding hydrogens is 733 g/mol. The summed E-state index contributed by atoms with van der Waals surface area (Å²) in [7, 11) is -4.18. The standard InChI is InChI=1S/C31H32BrCl2N7O5S/c1-18-27(32)40-15-3-6-24(29(40)39-18)46-17-21-22(33)11-12-25(26(21)34)47(44,45)41-16-2-5-23(41)31(43)38-14-4-13-37-30(42)20-9-7-19(8-10-20)28(35)36/h3,6-12,15,23H,2,4-5,13-14,16-17H2,1H3,(H3,35,36)(H,37,42)(H,38,43)/t23-/m0/s1. The van der Waals surface area contributed by atoms with Crippen LogP contribution in [-0.4, -0.2) is 65.4 Å². The number of nitrogens with two attached hydrogens (primary N) is 1. The average Bonchev–Trinajstić information content (AvgIpc) is 3.66. The van der Waals surface area contributed by atoms with Gasteiger partial charge in [-0.25, -0.2) is 13.4 Å². The zero-order valence-corrected chi connectivity index (χ0v) is 29.1. The van der Waals surface area contributed by atoms with Crippen LogP contribution in [-0.2, 0) is 21.4 Å². The summed E-state index contributed by atoms with van der Waals surface area (Å²) in [6.07, 6.45) is 3.11. The van der Waals surface area contributed by atoms with E-state index >= 15 is 0 Å². The third-order valence-corrected chi connectivity index (χ3v) is 11.5. The molecule has 5 rings (SSSR count). The van der Waals surface area contributed by atoms with E-state index in [9.17, 15) is 18.0 Å². The summed E-state index contributed by atoms with van der Waals surface area (Å²) in [5, 5.41) is 13.1. The Balaban J connectivity index is 1.20. The van der Waals surface area contributed by atoms with Gasteiger partial charge in [0.2, 0.25) is 15.9 Å². The fourth-order valence-corrected chi connectivity index (χ4v) is 8.13. The molecule has 0 saturated carbocycles. The van der Waals surface area contributed by atoms with Gasteiger partial charge < -0.3 is 21.1 Å². The van der Waals surface area contributed by atoms with Crippen LogP contribution in [0.1, 0.15) is 46.4 Å². The zero-order valence-electron chi connectivity index (χ0n) is 25.2. The lowest BCUT2D eigenvalue weighted by Crippen LogP contribution is -2.46. The maximum Gasteiger partial charge on any atom is 0.251 e. The van der Waals surface area contributed by atoms with Gasteiger partial charge in [0.25, 0.3) is 5.91 Å². The number of sulfonamides is 1. The number of benzene rings is 2. The molecule has 0 unspecified atom stereocenters. The first kappa shape index (κ1) is 34.6. The number of halogens is 3. The van der Waals surface area contributed by atoms with Crippen LogP contribution in [0, 0.1) is 12.3 Å². The smallest absolute Gasteiger partial charge is 0.251 e. The van der Waals surface area contributed by atoms with Gasteiger partial charge in [-0.15, -0.1) is 0 Å². The number of nitrogens with one attached hydrogen (secondary N) is 3. The summed E-state index contributed by atoms with van der Waals surface area (Å²) in [5.41, 5.74) is 8.01. The molecule has 248 valence electrons. The van der Waals surface area contributed by atoms with E-state index in [1.54, 1.807) is 36.4 Å². The van der Waals surface area contributed by atoms with Crippen molar-refractivity contribution in [2.75, 3.05) is 19.6 Å². The summed E-state index contributed by atoms with van der Waals surface area (Å²) in [5.74, 6) is -0.358. The van der Waals surface area contributed by atoms with E-state index in [2.05, 4.69) is 31.5 Å². The predicted octanol–water partition coefficient (Wildman–Crippen LogP) is 4.66. The number of imidazole rings is 1. The van der Waals surface area contributed by atoms with E-state index in [1.165, 1.54) is 16.4 Å². The van der Waals surface area contributed by atoms with Crippen molar-refractivity contribution in [3.05, 3.63) is 91.8 Å². The van der Waals surface area contributed by atoms with Crippen molar-refractivity contribution in [2.24, 2.45) is 5.73 Å². The number of nitrogens with zero attached hydrogens (tertiary/aromatic N) is 3. The highest BCUT2D eigenvalue weighted by molar-refractivity contribution is 9.10. The number of carbonyl (C=O) groups excluding carboxylic acids is 2. The van der Waals surface area contributed by atoms with Crippen LogP contribution in [0.15, 0.2) is 64.2 Å². The molecule has 2 aromatic heterocycles. The zero-order chi connectivity index (χ0) is 33.9. The van der Waals surface area contributed by atoms with Gasteiger partial charge in [0, 0.05) is 47.5 Å². The highest BCUT2D eigenvalue weighted by atomic mass is 79.9. The van der Waals surface area contributed by atoms with Crippen molar-refractivity contribution in [3.8, 4) is 5.75 Å². The van der Waals surface area contributed by atoms with Gasteiger partial charge in [-0.2, -0.15) is 4.31 Å². The molecule has 0 bridgehead atoms. The summed E-state index contributed by atoms with van der Waals surface area (Å²) in [6, 6.07) is 11.7. The number of fused-ring (bicyclic) bond motifs is 1. The van der Waals surface area contributed by atoms with Crippen LogP contribution in [0.2, 0.25) is 10.0 Å². The molecule has 5 N–H and O–H groups in total. The number of pyridine rings is 1. The number of hydrogen-bond acceptors (Lipinski definition) is 7. The Hall–Kier alpha value is -3.69. The molecule has 47 heavy (non-hydrogen) atoms. The second kappa shape index (κ2) is 14.6. The average molecular weight is 766 g/mol. The Kier molecular flexibility index (Phi) is 10.8. The number of aromatic nitrogens is 2. The van der Waals surface area contributed by atoms with E-state index in [1.807, 2.05) is 17.5 Å². The molecule has 1 fully saturated rings. The number of amidine groups is 1. The lowest BCUT2D eigenvalue weighted by atomic mass is 10.1. The SMILES string of the molecule is Cc1nc2c(OCc3c(Cl)ccc(S(=O)(=O)N4CCC[C@H]4C(=O)NCCCNC(=O)c4ccc(C(=N)N)cc4)c3Cl)cccn2c1Br. The number of amides is 2. The summed E-state index contributed by atoms with van der Waals surface area (Å²) in [6.45, 7) is 2.41. The third-order valence-electron chi connectivity index (χ3n) is 7.73. The van der Waals surface area contributed by atoms with Crippen molar-refractivity contribution in [3.63, 3.8) is 0 Å². The maximum absolute atomic E-state index is 13.9. The monoisotopic (exact) mass is 763 g/mol. The minimum absolute atomic E-state index is 0.0807. The molecule has 1 aliphatic heterocycles. The van der Waals surface area contributed by atoms with E-state index < -0.39 is 22.0 Å². The molecule has 12 nitrogen and oxygen atoms in total. The largest absolute Gasteiger partial charge is 0.485 e. The van der Waals surface area contributed by atoms with Crippen molar-refractivity contribution in [1.29, 1.82) is 5.41 Å². The molecule has 0 spiro atoms. The Morgan fingerprint density at radius 3 is 2.53 bits per heavy atom. The van der Waals surface area contributed by atoms with Gasteiger partial charge >= 0.3 is 0 Å². The first-order valence-electron chi connectivity index (χ1n) is 14.6. The Bertz CT molecular complexity index is 1950. The van der Waals surface area contributed by atoms with Gasteiger partial charge in [0.15, 0.2) is 11.4 Å². The third kappa shape index (κ3) is 7.41. The van der Waals surface area contributed by atoms with Crippen LogP contribution >= 0.6 is 39.1 Å². The van der Waals surface area contributed by atoms with Gasteiger partial charge in [0.05, 0.1) is 10.7 Å². The molecule has 4 aromatic rings. The number of ether oxygens (including phenoxy) is 1. The van der Waals surface area contributed by atoms with E-state index in [0.717, 1.165) is 10.3 Å². The highest BCUT2D eigenvalue weighted by Crippen LogP contribution is 2.36. The van der Waals surface area contributed by atoms with E-state index in [4.69, 9.17) is 39.1 Å². The highest BCUT2D eigenvalue weighted by Gasteiger charge is 2.40. The van der Waals surface area contributed by atoms with E-state index in [-0.39, 0.29) is 58.5 Å². The van der Waals surface area contributed by atoms with Crippen molar-refractivity contribution < 1.29 is 22.7 Å². The number of nitrogen functional groups attached to an aromatic ring is 1. The molecule has 0 radical (unpaired) electrons. The normalized spacial score (nSPS) is 15.1. The molecule has 2 aromatic carbocycles. The van der Waals surface area contributed by atoms with Gasteiger partial charge in [-0.05, 0) is 78.5 Å². The lowest BCUT2D eigenvalue weighted by Gasteiger charge is -2.24. The van der Waals surface area contributed by atoms with Crippen LogP contribution < -0.4 is 21.1 Å². The Morgan fingerprint density at radius 1 is 1.11 bits per heavy atom. The van der Waals surface area contributed by atoms with Crippen molar-refractivity contribution >= 4 is 72.5 Å². The van der Waals surface area contributed by atoms with Crippen LogP contribution in [0.25, 0.3) is 5.65 Å². The first-order valence-corrected chi connectivity index (χ1v) is 17.6. The van der Waals surface area contributed by atoms with Crippen LogP contribution in [0.5, 0.6) is 5.75 Å². The fourth-order valence-electron chi connectivity index (χ4n) is 5.24. The van der Waals surface area contributed by atoms with Gasteiger partial charge in [-0.3, -0.25) is 19.4 Å². The lowest BCUT2D eigenvalue weighted by molar-refractivity contribution is -0.124. The van der Waals surface area contributed by atoms with Crippen LogP contribution in [0.4, 0.5) is 0 Å². The number of aryl methyl sites for hydroxylation is 1. The fraction of sp³-hybridized carbons (Fsp3) is 0.290. The van der Waals surface area contributed by atoms with Crippen molar-refractivity contribution in [1.82, 2.24) is 24.3 Å². The molecule has 0 aliphatic carbocycles. The predicted molar refractivity (Wildman–Crippen MR) is 183 cm³/mol. The number of hydrogen-bond donors (Lipinski definition) is 4. The summed E-state index contributed by atoms with van der Waals surface area (Å²) < 4.78 is 37.5. The molecule has 2 amide bonds. The van der Waals surface area contributed by atoms with Crippen LogP contribution in [0.3, 0.4) is 0 Å². The molecule has 16 heteroatoms. The first-order chi connectivity index (χ1) is 22.4. The number of carbonyl (C=O) groups is 2. The minimum Gasteiger partial charge on any atom is -0.485 e. The molecule has 1 saturated heterocycles. The van der Waals surface area contributed by atoms with Gasteiger partial charge in [0.1, 0.15) is 28.0 Å². The second-order valence-electron chi connectivity index (χ2n) is 10.8. The molecule has 3 heterocycles. The Morgan fingerprint density at radius 2 is 1.81 bits per heavy atom.